The van der Waals surface area contributed by atoms with E-state index in [4.69, 9.17) is 5.84 Å². The number of hydrogen-bond donors (Lipinski definition) is 2. The average Bonchev–Trinajstić information content (AvgIpc) is 2.48. The van der Waals surface area contributed by atoms with Crippen LogP contribution >= 0.6 is 0 Å². The van der Waals surface area contributed by atoms with Crippen molar-refractivity contribution in [3.05, 3.63) is 12.2 Å². The van der Waals surface area contributed by atoms with Crippen molar-refractivity contribution in [1.29, 1.82) is 0 Å². The largest absolute Gasteiger partial charge is 0.271 e. The van der Waals surface area contributed by atoms with Gasteiger partial charge in [0.2, 0.25) is 0 Å². The van der Waals surface area contributed by atoms with E-state index in [1.807, 2.05) is 4.68 Å². The zero-order chi connectivity index (χ0) is 8.97. The van der Waals surface area contributed by atoms with Crippen LogP contribution in [0.1, 0.15) is 25.7 Å². The molecule has 0 aliphatic heterocycles. The van der Waals surface area contributed by atoms with Gasteiger partial charge in [-0.25, -0.2) is 9.67 Å². The maximum absolute atomic E-state index is 5.16. The molecule has 0 aliphatic rings. The summed E-state index contributed by atoms with van der Waals surface area (Å²) in [6.07, 6.45) is 2.39. The van der Waals surface area contributed by atoms with Crippen molar-refractivity contribution in [2.75, 3.05) is 6.54 Å². The number of aromatic nitrogens is 3. The summed E-state index contributed by atoms with van der Waals surface area (Å²) >= 11 is 0. The molecule has 0 aromatic carbocycles. The SMILES string of the molecule is CC(C)n1ncnc1CCNN. The summed E-state index contributed by atoms with van der Waals surface area (Å²) in [6.45, 7) is 4.88. The van der Waals surface area contributed by atoms with Crippen molar-refractivity contribution in [2.45, 2.75) is 26.3 Å². The molecule has 5 heteroatoms. The van der Waals surface area contributed by atoms with E-state index in [1.165, 1.54) is 0 Å². The first-order valence-electron chi connectivity index (χ1n) is 4.07. The first-order chi connectivity index (χ1) is 5.75. The van der Waals surface area contributed by atoms with Crippen LogP contribution in [0, 0.1) is 0 Å². The lowest BCUT2D eigenvalue weighted by Gasteiger charge is -2.08. The Balaban J connectivity index is 2.64. The Bertz CT molecular complexity index is 229. The van der Waals surface area contributed by atoms with Gasteiger partial charge in [0.1, 0.15) is 12.2 Å². The van der Waals surface area contributed by atoms with Crippen LogP contribution in [0.15, 0.2) is 6.33 Å². The summed E-state index contributed by atoms with van der Waals surface area (Å²) in [4.78, 5) is 4.13. The highest BCUT2D eigenvalue weighted by atomic mass is 15.3. The van der Waals surface area contributed by atoms with Gasteiger partial charge in [-0.1, -0.05) is 0 Å². The minimum Gasteiger partial charge on any atom is -0.271 e. The molecule has 3 N–H and O–H groups in total. The highest BCUT2D eigenvalue weighted by Gasteiger charge is 2.05. The van der Waals surface area contributed by atoms with E-state index in [-0.39, 0.29) is 0 Å². The quantitative estimate of drug-likeness (QED) is 0.486. The van der Waals surface area contributed by atoms with E-state index in [0.717, 1.165) is 18.8 Å². The van der Waals surface area contributed by atoms with Gasteiger partial charge in [-0.2, -0.15) is 5.10 Å². The minimum atomic E-state index is 0.361. The molecule has 0 saturated carbocycles. The summed E-state index contributed by atoms with van der Waals surface area (Å²) in [5.41, 5.74) is 2.59. The fourth-order valence-electron chi connectivity index (χ4n) is 1.07. The average molecular weight is 169 g/mol. The number of nitrogens with two attached hydrogens (primary N) is 1. The first kappa shape index (κ1) is 9.15. The normalized spacial score (nSPS) is 11.0. The monoisotopic (exact) mass is 169 g/mol. The van der Waals surface area contributed by atoms with Gasteiger partial charge < -0.3 is 0 Å². The smallest absolute Gasteiger partial charge is 0.138 e. The molecule has 1 aromatic heterocycles. The molecule has 1 aromatic rings. The summed E-state index contributed by atoms with van der Waals surface area (Å²) in [6, 6.07) is 0.361. The highest BCUT2D eigenvalue weighted by molar-refractivity contribution is 4.86. The molecular weight excluding hydrogens is 154 g/mol. The molecule has 5 nitrogen and oxygen atoms in total. The molecular formula is C7H15N5. The first-order valence-corrected chi connectivity index (χ1v) is 4.07. The number of rotatable bonds is 4. The van der Waals surface area contributed by atoms with Crippen LogP contribution in [0.2, 0.25) is 0 Å². The summed E-state index contributed by atoms with van der Waals surface area (Å²) in [7, 11) is 0. The maximum atomic E-state index is 5.16. The Morgan fingerprint density at radius 1 is 1.67 bits per heavy atom. The number of hydrogen-bond acceptors (Lipinski definition) is 4. The fourth-order valence-corrected chi connectivity index (χ4v) is 1.07. The fraction of sp³-hybridized carbons (Fsp3) is 0.714. The molecule has 0 saturated heterocycles. The van der Waals surface area contributed by atoms with Gasteiger partial charge >= 0.3 is 0 Å². The molecule has 0 atom stereocenters. The van der Waals surface area contributed by atoms with Gasteiger partial charge in [-0.15, -0.1) is 0 Å². The zero-order valence-electron chi connectivity index (χ0n) is 7.49. The third-order valence-electron chi connectivity index (χ3n) is 1.63. The third kappa shape index (κ3) is 2.02. The summed E-state index contributed by atoms with van der Waals surface area (Å²) in [5.74, 6) is 6.14. The van der Waals surface area contributed by atoms with Crippen LogP contribution in [-0.4, -0.2) is 21.3 Å². The van der Waals surface area contributed by atoms with Crippen LogP contribution < -0.4 is 11.3 Å². The van der Waals surface area contributed by atoms with Crippen LogP contribution in [0.4, 0.5) is 0 Å². The molecule has 0 bridgehead atoms. The van der Waals surface area contributed by atoms with Crippen LogP contribution in [0.5, 0.6) is 0 Å². The molecule has 0 unspecified atom stereocenters. The summed E-state index contributed by atoms with van der Waals surface area (Å²) < 4.78 is 1.90. The summed E-state index contributed by atoms with van der Waals surface area (Å²) in [5, 5.41) is 4.11. The second-order valence-electron chi connectivity index (χ2n) is 2.92. The van der Waals surface area contributed by atoms with Crippen molar-refractivity contribution in [1.82, 2.24) is 20.2 Å². The number of hydrazine groups is 1. The van der Waals surface area contributed by atoms with E-state index in [9.17, 15) is 0 Å². The van der Waals surface area contributed by atoms with E-state index >= 15 is 0 Å². The van der Waals surface area contributed by atoms with Crippen LogP contribution in [-0.2, 0) is 6.42 Å². The Labute approximate surface area is 71.9 Å². The van der Waals surface area contributed by atoms with Crippen molar-refractivity contribution < 1.29 is 0 Å². The number of nitrogens with zero attached hydrogens (tertiary/aromatic N) is 3. The Morgan fingerprint density at radius 2 is 2.42 bits per heavy atom. The predicted octanol–water partition coefficient (Wildman–Crippen LogP) is -0.135. The Morgan fingerprint density at radius 3 is 3.00 bits per heavy atom. The van der Waals surface area contributed by atoms with E-state index in [1.54, 1.807) is 6.33 Å². The van der Waals surface area contributed by atoms with E-state index < -0.39 is 0 Å². The Hall–Kier alpha value is -0.940. The van der Waals surface area contributed by atoms with Gasteiger partial charge in [-0.3, -0.25) is 11.3 Å². The minimum absolute atomic E-state index is 0.361. The molecule has 0 spiro atoms. The van der Waals surface area contributed by atoms with Gasteiger partial charge in [0.25, 0.3) is 0 Å². The molecule has 68 valence electrons. The molecule has 0 amide bonds. The molecule has 0 aliphatic carbocycles. The lowest BCUT2D eigenvalue weighted by atomic mass is 10.3. The predicted molar refractivity (Wildman–Crippen MR) is 46.3 cm³/mol. The Kier molecular flexibility index (Phi) is 3.19. The van der Waals surface area contributed by atoms with Crippen molar-refractivity contribution in [2.24, 2.45) is 5.84 Å². The molecule has 1 heterocycles. The van der Waals surface area contributed by atoms with Crippen molar-refractivity contribution in [3.63, 3.8) is 0 Å². The van der Waals surface area contributed by atoms with Crippen LogP contribution in [0.25, 0.3) is 0 Å². The maximum Gasteiger partial charge on any atom is 0.138 e. The van der Waals surface area contributed by atoms with Gasteiger partial charge in [0.05, 0.1) is 0 Å². The topological polar surface area (TPSA) is 68.8 Å². The van der Waals surface area contributed by atoms with Crippen molar-refractivity contribution in [3.8, 4) is 0 Å². The van der Waals surface area contributed by atoms with Gasteiger partial charge in [-0.05, 0) is 13.8 Å². The third-order valence-corrected chi connectivity index (χ3v) is 1.63. The van der Waals surface area contributed by atoms with Crippen LogP contribution in [0.3, 0.4) is 0 Å². The molecule has 0 radical (unpaired) electrons. The van der Waals surface area contributed by atoms with Gasteiger partial charge in [0.15, 0.2) is 0 Å². The molecule has 12 heavy (non-hydrogen) atoms. The standard InChI is InChI=1S/C7H15N5/c1-6(2)12-7(3-4-10-8)9-5-11-12/h5-6,10H,3-4,8H2,1-2H3. The van der Waals surface area contributed by atoms with E-state index in [0.29, 0.717) is 6.04 Å². The lowest BCUT2D eigenvalue weighted by Crippen LogP contribution is -2.25. The lowest BCUT2D eigenvalue weighted by molar-refractivity contribution is 0.500. The molecule has 0 fully saturated rings. The number of nitrogens with one attached hydrogen (secondary N) is 1. The van der Waals surface area contributed by atoms with Gasteiger partial charge in [0, 0.05) is 19.0 Å². The molecule has 1 rings (SSSR count). The second kappa shape index (κ2) is 4.18. The van der Waals surface area contributed by atoms with E-state index in [2.05, 4.69) is 29.4 Å². The zero-order valence-corrected chi connectivity index (χ0v) is 7.49. The highest BCUT2D eigenvalue weighted by Crippen LogP contribution is 2.04. The second-order valence-corrected chi connectivity index (χ2v) is 2.92. The van der Waals surface area contributed by atoms with Crippen molar-refractivity contribution >= 4 is 0 Å².